The second kappa shape index (κ2) is 13.4. The zero-order valence-electron chi connectivity index (χ0n) is 20.2. The highest BCUT2D eigenvalue weighted by atomic mass is 16.6. The minimum atomic E-state index is -1.02. The van der Waals surface area contributed by atoms with Crippen LogP contribution in [0.25, 0.3) is 0 Å². The summed E-state index contributed by atoms with van der Waals surface area (Å²) in [7, 11) is 0. The van der Waals surface area contributed by atoms with Crippen LogP contribution in [0, 0.1) is 23.7 Å². The Bertz CT molecular complexity index is 567. The summed E-state index contributed by atoms with van der Waals surface area (Å²) in [6, 6.07) is -3.61. The molecule has 0 aliphatic carbocycles. The fourth-order valence-electron chi connectivity index (χ4n) is 2.75. The Kier molecular flexibility index (Phi) is 12.6. The Morgan fingerprint density at radius 2 is 0.935 bits per heavy atom. The molecule has 0 aromatic carbocycles. The van der Waals surface area contributed by atoms with Gasteiger partial charge >= 0.3 is 11.9 Å². The maximum atomic E-state index is 12.7. The quantitative estimate of drug-likeness (QED) is 0.260. The maximum Gasteiger partial charge on any atom is 0.336 e. The van der Waals surface area contributed by atoms with Gasteiger partial charge in [0, 0.05) is 0 Å². The Morgan fingerprint density at radius 1 is 0.645 bits per heavy atom. The van der Waals surface area contributed by atoms with Gasteiger partial charge in [0.15, 0.2) is 0 Å². The van der Waals surface area contributed by atoms with Gasteiger partial charge in [0.2, 0.25) is 11.8 Å². The lowest BCUT2D eigenvalue weighted by Crippen LogP contribution is -2.53. The maximum absolute atomic E-state index is 12.7. The molecule has 0 fully saturated rings. The number of carbonyl (C=O) groups excluding carboxylic acids is 4. The third-order valence-corrected chi connectivity index (χ3v) is 4.86. The van der Waals surface area contributed by atoms with Crippen LogP contribution in [0.15, 0.2) is 0 Å². The van der Waals surface area contributed by atoms with Crippen molar-refractivity contribution in [1.82, 2.24) is 10.6 Å². The summed E-state index contributed by atoms with van der Waals surface area (Å²) in [4.78, 5) is 50.1. The summed E-state index contributed by atoms with van der Waals surface area (Å²) in [5, 5.41) is 5.18. The lowest BCUT2D eigenvalue weighted by atomic mass is 10.0. The molecule has 0 aromatic rings. The summed E-state index contributed by atoms with van der Waals surface area (Å²) in [5.74, 6) is -2.85. The third kappa shape index (κ3) is 10.7. The molecule has 0 aliphatic heterocycles. The van der Waals surface area contributed by atoms with Gasteiger partial charge in [-0.05, 0) is 36.5 Å². The average Bonchev–Trinajstić information content (AvgIpc) is 2.64. The van der Waals surface area contributed by atoms with Gasteiger partial charge < -0.3 is 26.8 Å². The second-order valence-corrected chi connectivity index (χ2v) is 9.66. The first-order valence-corrected chi connectivity index (χ1v) is 11.0. The van der Waals surface area contributed by atoms with Crippen LogP contribution in [0.4, 0.5) is 0 Å². The average molecular weight is 443 g/mol. The van der Waals surface area contributed by atoms with Crippen LogP contribution in [-0.4, -0.2) is 47.9 Å². The standard InChI is InChI=1S/C22H42N4O5/c1-11(2)9-15(25-19(27)17(23)13(5)6)21(29)31-22(30)16(10-12(3)4)26-20(28)18(24)14(7)8/h11-18H,9-10,23-24H2,1-8H3,(H,25,27)(H,26,28)/t15-,16-,17+,18+/m0/s1. The molecule has 0 spiro atoms. The molecule has 180 valence electrons. The second-order valence-electron chi connectivity index (χ2n) is 9.66. The first kappa shape index (κ1) is 29.0. The summed E-state index contributed by atoms with van der Waals surface area (Å²) >= 11 is 0. The highest BCUT2D eigenvalue weighted by Gasteiger charge is 2.32. The molecule has 0 unspecified atom stereocenters. The molecule has 6 N–H and O–H groups in total. The van der Waals surface area contributed by atoms with E-state index in [0.717, 1.165) is 0 Å². The number of carbonyl (C=O) groups is 4. The number of ether oxygens (including phenoxy) is 1. The number of nitrogens with one attached hydrogen (secondary N) is 2. The summed E-state index contributed by atoms with van der Waals surface area (Å²) < 4.78 is 5.07. The van der Waals surface area contributed by atoms with E-state index in [1.807, 2.05) is 27.7 Å². The molecule has 0 radical (unpaired) electrons. The van der Waals surface area contributed by atoms with Crippen molar-refractivity contribution in [2.24, 2.45) is 35.1 Å². The normalized spacial score (nSPS) is 15.5. The van der Waals surface area contributed by atoms with E-state index in [1.165, 1.54) is 0 Å². The predicted molar refractivity (Wildman–Crippen MR) is 119 cm³/mol. The van der Waals surface area contributed by atoms with Crippen molar-refractivity contribution in [3.63, 3.8) is 0 Å². The summed E-state index contributed by atoms with van der Waals surface area (Å²) in [6.45, 7) is 14.7. The Balaban J connectivity index is 5.37. The molecule has 0 aliphatic rings. The zero-order chi connectivity index (χ0) is 24.5. The molecule has 9 heteroatoms. The van der Waals surface area contributed by atoms with Crippen LogP contribution >= 0.6 is 0 Å². The van der Waals surface area contributed by atoms with Gasteiger partial charge in [0.05, 0.1) is 12.1 Å². The molecule has 0 rings (SSSR count). The number of amides is 2. The van der Waals surface area contributed by atoms with Gasteiger partial charge in [0.25, 0.3) is 0 Å². The number of nitrogens with two attached hydrogens (primary N) is 2. The van der Waals surface area contributed by atoms with E-state index < -0.39 is 47.9 Å². The molecular weight excluding hydrogens is 400 g/mol. The van der Waals surface area contributed by atoms with Crippen LogP contribution in [0.3, 0.4) is 0 Å². The molecule has 31 heavy (non-hydrogen) atoms. The minimum absolute atomic E-state index is 0.0541. The number of rotatable bonds is 12. The van der Waals surface area contributed by atoms with Gasteiger partial charge in [-0.2, -0.15) is 0 Å². The molecule has 0 aromatic heterocycles. The molecule has 0 saturated heterocycles. The van der Waals surface area contributed by atoms with Crippen molar-refractivity contribution in [3.05, 3.63) is 0 Å². The Labute approximate surface area is 186 Å². The van der Waals surface area contributed by atoms with E-state index in [9.17, 15) is 19.2 Å². The van der Waals surface area contributed by atoms with E-state index in [4.69, 9.17) is 16.2 Å². The van der Waals surface area contributed by atoms with Crippen LogP contribution in [0.1, 0.15) is 68.2 Å². The van der Waals surface area contributed by atoms with Crippen molar-refractivity contribution in [2.75, 3.05) is 0 Å². The van der Waals surface area contributed by atoms with Crippen LogP contribution in [0.2, 0.25) is 0 Å². The molecule has 0 bridgehead atoms. The van der Waals surface area contributed by atoms with E-state index in [0.29, 0.717) is 0 Å². The van der Waals surface area contributed by atoms with Crippen molar-refractivity contribution >= 4 is 23.8 Å². The lowest BCUT2D eigenvalue weighted by Gasteiger charge is -2.25. The van der Waals surface area contributed by atoms with Gasteiger partial charge in [0.1, 0.15) is 12.1 Å². The van der Waals surface area contributed by atoms with Crippen molar-refractivity contribution < 1.29 is 23.9 Å². The van der Waals surface area contributed by atoms with E-state index >= 15 is 0 Å². The molecular formula is C22H42N4O5. The predicted octanol–water partition coefficient (Wildman–Crippen LogP) is 1.08. The van der Waals surface area contributed by atoms with Crippen LogP contribution in [-0.2, 0) is 23.9 Å². The molecule has 4 atom stereocenters. The fraction of sp³-hybridized carbons (Fsp3) is 0.818. The first-order chi connectivity index (χ1) is 14.2. The molecule has 9 nitrogen and oxygen atoms in total. The number of hydrogen-bond acceptors (Lipinski definition) is 7. The fourth-order valence-corrected chi connectivity index (χ4v) is 2.75. The van der Waals surface area contributed by atoms with Crippen molar-refractivity contribution in [2.45, 2.75) is 92.4 Å². The molecule has 0 saturated carbocycles. The van der Waals surface area contributed by atoms with Crippen LogP contribution < -0.4 is 22.1 Å². The summed E-state index contributed by atoms with van der Waals surface area (Å²) in [5.41, 5.74) is 11.7. The Morgan fingerprint density at radius 3 is 1.16 bits per heavy atom. The SMILES string of the molecule is CC(C)C[C@H](NC(=O)[C@H](N)C(C)C)C(=O)OC(=O)[C@H](CC(C)C)NC(=O)[C@H](N)C(C)C. The highest BCUT2D eigenvalue weighted by Crippen LogP contribution is 2.12. The van der Waals surface area contributed by atoms with Gasteiger partial charge in [-0.3, -0.25) is 9.59 Å². The van der Waals surface area contributed by atoms with E-state index in [-0.39, 0.29) is 36.5 Å². The largest absolute Gasteiger partial charge is 0.390 e. The highest BCUT2D eigenvalue weighted by molar-refractivity contribution is 5.95. The number of esters is 2. The zero-order valence-corrected chi connectivity index (χ0v) is 20.2. The smallest absolute Gasteiger partial charge is 0.336 e. The van der Waals surface area contributed by atoms with E-state index in [1.54, 1.807) is 27.7 Å². The van der Waals surface area contributed by atoms with Gasteiger partial charge in [-0.25, -0.2) is 9.59 Å². The molecule has 2 amide bonds. The van der Waals surface area contributed by atoms with Gasteiger partial charge in [-0.15, -0.1) is 0 Å². The van der Waals surface area contributed by atoms with Crippen LogP contribution in [0.5, 0.6) is 0 Å². The topological polar surface area (TPSA) is 154 Å². The lowest BCUT2D eigenvalue weighted by molar-refractivity contribution is -0.164. The van der Waals surface area contributed by atoms with Crippen molar-refractivity contribution in [3.8, 4) is 0 Å². The first-order valence-electron chi connectivity index (χ1n) is 11.0. The number of hydrogen-bond donors (Lipinski definition) is 4. The summed E-state index contributed by atoms with van der Waals surface area (Å²) in [6.07, 6.45) is 0.560. The van der Waals surface area contributed by atoms with E-state index in [2.05, 4.69) is 10.6 Å². The third-order valence-electron chi connectivity index (χ3n) is 4.86. The molecule has 0 heterocycles. The van der Waals surface area contributed by atoms with Crippen molar-refractivity contribution in [1.29, 1.82) is 0 Å². The van der Waals surface area contributed by atoms with Gasteiger partial charge in [-0.1, -0.05) is 55.4 Å². The monoisotopic (exact) mass is 442 g/mol. The minimum Gasteiger partial charge on any atom is -0.390 e. The Hall–Kier alpha value is -2.00.